The van der Waals surface area contributed by atoms with Crippen LogP contribution in [0.2, 0.25) is 0 Å². The topological polar surface area (TPSA) is 25.8 Å². The van der Waals surface area contributed by atoms with Gasteiger partial charge < -0.3 is 0 Å². The van der Waals surface area contributed by atoms with Gasteiger partial charge in [0.2, 0.25) is 0 Å². The number of thiophene rings is 1. The zero-order valence-corrected chi connectivity index (χ0v) is 26.1. The first-order valence-corrected chi connectivity index (χ1v) is 16.7. The third-order valence-electron chi connectivity index (χ3n) is 9.44. The normalized spacial score (nSPS) is 11.8. The van der Waals surface area contributed by atoms with E-state index in [4.69, 9.17) is 9.97 Å². The lowest BCUT2D eigenvalue weighted by molar-refractivity contribution is 1.37. The van der Waals surface area contributed by atoms with E-state index < -0.39 is 0 Å². The summed E-state index contributed by atoms with van der Waals surface area (Å²) in [5.41, 5.74) is 8.42. The summed E-state index contributed by atoms with van der Waals surface area (Å²) in [6.45, 7) is 0. The Morgan fingerprint density at radius 2 is 0.979 bits per heavy atom. The second-order valence-electron chi connectivity index (χ2n) is 12.2. The molecule has 0 saturated heterocycles. The summed E-state index contributed by atoms with van der Waals surface area (Å²) in [6.07, 6.45) is 0. The summed E-state index contributed by atoms with van der Waals surface area (Å²) in [5, 5.41) is 9.72. The number of pyridine rings is 2. The Labute approximate surface area is 275 Å². The fourth-order valence-electron chi connectivity index (χ4n) is 7.17. The lowest BCUT2D eigenvalue weighted by Crippen LogP contribution is -1.92. The van der Waals surface area contributed by atoms with Gasteiger partial charge in [-0.3, -0.25) is 0 Å². The van der Waals surface area contributed by atoms with Crippen LogP contribution in [0.1, 0.15) is 0 Å². The number of rotatable bonds is 3. The molecule has 0 bridgehead atoms. The standard InChI is InChI=1S/C44H26N2S/c1-2-12-32-30(9-1)26-38(35-14-4-3-13-34(32)35)40-24-22-28-20-19-27-21-23-39(45-42(27)43(28)46-40)31-11-7-10-29(25-31)33-16-8-17-37-36-15-5-6-18-41(36)47-44(33)37/h1-26H. The van der Waals surface area contributed by atoms with Crippen LogP contribution in [0.5, 0.6) is 0 Å². The molecule has 0 spiro atoms. The van der Waals surface area contributed by atoms with E-state index >= 15 is 0 Å². The quantitative estimate of drug-likeness (QED) is 0.185. The number of fused-ring (bicyclic) bond motifs is 9. The molecule has 0 N–H and O–H groups in total. The van der Waals surface area contributed by atoms with Crippen molar-refractivity contribution >= 4 is 74.9 Å². The maximum absolute atomic E-state index is 5.32. The predicted octanol–water partition coefficient (Wildman–Crippen LogP) is 12.5. The van der Waals surface area contributed by atoms with Crippen molar-refractivity contribution in [3.05, 3.63) is 158 Å². The molecule has 0 atom stereocenters. The Hall–Kier alpha value is -5.90. The number of nitrogens with zero attached hydrogens (tertiary/aromatic N) is 2. The molecule has 0 fully saturated rings. The molecule has 0 radical (unpaired) electrons. The molecule has 10 aromatic rings. The van der Waals surface area contributed by atoms with Gasteiger partial charge in [0.15, 0.2) is 0 Å². The molecular formula is C44H26N2S. The molecular weight excluding hydrogens is 589 g/mol. The molecule has 0 aliphatic heterocycles. The highest BCUT2D eigenvalue weighted by Gasteiger charge is 2.14. The van der Waals surface area contributed by atoms with E-state index in [0.717, 1.165) is 44.3 Å². The minimum atomic E-state index is 0.920. The SMILES string of the molecule is c1cc(-c2ccc3ccc4ccc(-c5cc6ccccc6c6ccccc56)nc4c3n2)cc(-c2cccc3c2sc2ccccc23)c1. The minimum absolute atomic E-state index is 0.920. The second-order valence-corrected chi connectivity index (χ2v) is 13.2. The van der Waals surface area contributed by atoms with Crippen LogP contribution in [0.4, 0.5) is 0 Å². The summed E-state index contributed by atoms with van der Waals surface area (Å²) in [7, 11) is 0. The minimum Gasteiger partial charge on any atom is -0.245 e. The van der Waals surface area contributed by atoms with E-state index in [9.17, 15) is 0 Å². The second kappa shape index (κ2) is 10.3. The Bertz CT molecular complexity index is 2860. The third kappa shape index (κ3) is 4.17. The number of benzene rings is 7. The smallest absolute Gasteiger partial charge is 0.0972 e. The van der Waals surface area contributed by atoms with Crippen LogP contribution < -0.4 is 0 Å². The van der Waals surface area contributed by atoms with Crippen molar-refractivity contribution in [2.45, 2.75) is 0 Å². The van der Waals surface area contributed by atoms with Gasteiger partial charge in [-0.05, 0) is 63.0 Å². The monoisotopic (exact) mass is 614 g/mol. The summed E-state index contributed by atoms with van der Waals surface area (Å²) >= 11 is 1.86. The largest absolute Gasteiger partial charge is 0.245 e. The first-order valence-electron chi connectivity index (χ1n) is 15.9. The predicted molar refractivity (Wildman–Crippen MR) is 201 cm³/mol. The molecule has 2 nitrogen and oxygen atoms in total. The average molecular weight is 615 g/mol. The molecule has 3 heterocycles. The Morgan fingerprint density at radius 1 is 0.362 bits per heavy atom. The summed E-state index contributed by atoms with van der Waals surface area (Å²) < 4.78 is 2.64. The Kier molecular flexibility index (Phi) is 5.78. The molecule has 3 aromatic heterocycles. The van der Waals surface area contributed by atoms with E-state index in [1.54, 1.807) is 0 Å². The first-order chi connectivity index (χ1) is 23.3. The number of hydrogen-bond donors (Lipinski definition) is 0. The van der Waals surface area contributed by atoms with E-state index in [2.05, 4.69) is 158 Å². The van der Waals surface area contributed by atoms with Gasteiger partial charge in [0.05, 0.1) is 22.4 Å². The van der Waals surface area contributed by atoms with Crippen LogP contribution >= 0.6 is 11.3 Å². The van der Waals surface area contributed by atoms with E-state index in [0.29, 0.717) is 0 Å². The van der Waals surface area contributed by atoms with Crippen LogP contribution in [0, 0.1) is 0 Å². The van der Waals surface area contributed by atoms with E-state index in [-0.39, 0.29) is 0 Å². The fourth-order valence-corrected chi connectivity index (χ4v) is 8.40. The maximum Gasteiger partial charge on any atom is 0.0972 e. The Morgan fingerprint density at radius 3 is 1.83 bits per heavy atom. The molecule has 0 saturated carbocycles. The van der Waals surface area contributed by atoms with Crippen LogP contribution in [0.3, 0.4) is 0 Å². The summed E-state index contributed by atoms with van der Waals surface area (Å²) in [6, 6.07) is 56.6. The van der Waals surface area contributed by atoms with Crippen LogP contribution in [-0.2, 0) is 0 Å². The van der Waals surface area contributed by atoms with Crippen molar-refractivity contribution in [2.24, 2.45) is 0 Å². The van der Waals surface area contributed by atoms with Crippen molar-refractivity contribution in [3.63, 3.8) is 0 Å². The maximum atomic E-state index is 5.32. The zero-order valence-electron chi connectivity index (χ0n) is 25.3. The molecule has 47 heavy (non-hydrogen) atoms. The van der Waals surface area contributed by atoms with Gasteiger partial charge >= 0.3 is 0 Å². The highest BCUT2D eigenvalue weighted by Crippen LogP contribution is 2.41. The van der Waals surface area contributed by atoms with E-state index in [1.807, 2.05) is 11.3 Å². The lowest BCUT2D eigenvalue weighted by atomic mass is 9.95. The summed E-state index contributed by atoms with van der Waals surface area (Å²) in [4.78, 5) is 10.6. The van der Waals surface area contributed by atoms with Gasteiger partial charge in [-0.15, -0.1) is 11.3 Å². The highest BCUT2D eigenvalue weighted by molar-refractivity contribution is 7.26. The van der Waals surface area contributed by atoms with Gasteiger partial charge in [0.1, 0.15) is 0 Å². The van der Waals surface area contributed by atoms with Crippen molar-refractivity contribution in [3.8, 4) is 33.6 Å². The van der Waals surface area contributed by atoms with E-state index in [1.165, 1.54) is 52.8 Å². The molecule has 0 aliphatic rings. The van der Waals surface area contributed by atoms with Gasteiger partial charge in [-0.25, -0.2) is 9.97 Å². The number of aromatic nitrogens is 2. The Balaban J connectivity index is 1.13. The third-order valence-corrected chi connectivity index (χ3v) is 10.7. The summed E-state index contributed by atoms with van der Waals surface area (Å²) in [5.74, 6) is 0. The van der Waals surface area contributed by atoms with Gasteiger partial charge in [0, 0.05) is 42.1 Å². The first kappa shape index (κ1) is 26.3. The van der Waals surface area contributed by atoms with Crippen molar-refractivity contribution < 1.29 is 0 Å². The molecule has 218 valence electrons. The molecule has 10 rings (SSSR count). The molecule has 3 heteroatoms. The lowest BCUT2D eigenvalue weighted by Gasteiger charge is -2.12. The molecule has 0 aliphatic carbocycles. The van der Waals surface area contributed by atoms with Gasteiger partial charge in [0.25, 0.3) is 0 Å². The molecule has 0 unspecified atom stereocenters. The van der Waals surface area contributed by atoms with Crippen molar-refractivity contribution in [1.82, 2.24) is 9.97 Å². The fraction of sp³-hybridized carbons (Fsp3) is 0. The number of hydrogen-bond acceptors (Lipinski definition) is 3. The average Bonchev–Trinajstić information content (AvgIpc) is 3.53. The van der Waals surface area contributed by atoms with Gasteiger partial charge in [-0.2, -0.15) is 0 Å². The van der Waals surface area contributed by atoms with Crippen molar-refractivity contribution in [2.75, 3.05) is 0 Å². The van der Waals surface area contributed by atoms with Crippen molar-refractivity contribution in [1.29, 1.82) is 0 Å². The molecule has 0 amide bonds. The molecule has 7 aromatic carbocycles. The van der Waals surface area contributed by atoms with Crippen LogP contribution in [0.25, 0.3) is 97.2 Å². The zero-order chi connectivity index (χ0) is 30.9. The van der Waals surface area contributed by atoms with Crippen LogP contribution in [-0.4, -0.2) is 9.97 Å². The van der Waals surface area contributed by atoms with Gasteiger partial charge in [-0.1, -0.05) is 127 Å². The van der Waals surface area contributed by atoms with Crippen LogP contribution in [0.15, 0.2) is 158 Å². The highest BCUT2D eigenvalue weighted by atomic mass is 32.1.